The Kier molecular flexibility index (Phi) is 5.07. The first-order chi connectivity index (χ1) is 9.80. The first-order valence-electron chi connectivity index (χ1n) is 6.75. The lowest BCUT2D eigenvalue weighted by Gasteiger charge is -2.22. The highest BCUT2D eigenvalue weighted by Crippen LogP contribution is 2.35. The van der Waals surface area contributed by atoms with Gasteiger partial charge >= 0.3 is 0 Å². The molecule has 0 saturated heterocycles. The highest BCUT2D eigenvalue weighted by molar-refractivity contribution is 5.47. The second kappa shape index (κ2) is 7.01. The molecule has 4 nitrogen and oxygen atoms in total. The van der Waals surface area contributed by atoms with Crippen molar-refractivity contribution in [2.75, 3.05) is 20.8 Å². The predicted octanol–water partition coefficient (Wildman–Crippen LogP) is 3.19. The average molecular weight is 275 g/mol. The number of hydrogen-bond donors (Lipinski definition) is 1. The Morgan fingerprint density at radius 3 is 2.35 bits per heavy atom. The summed E-state index contributed by atoms with van der Waals surface area (Å²) in [5.74, 6) is 1.66. The quantitative estimate of drug-likeness (QED) is 0.842. The number of ether oxygens (including phenoxy) is 2. The van der Waals surface area contributed by atoms with Crippen molar-refractivity contribution in [1.29, 1.82) is 0 Å². The standard InChI is InChI=1S/C16H21NO3/c1-4-17-13(10-12-8-9-20-11-12)16-14(18-2)6-5-7-15(16)19-3/h5-9,11,13,17H,4,10H2,1-3H3. The molecule has 0 saturated carbocycles. The van der Waals surface area contributed by atoms with Crippen LogP contribution in [0.25, 0.3) is 0 Å². The summed E-state index contributed by atoms with van der Waals surface area (Å²) >= 11 is 0. The third-order valence-corrected chi connectivity index (χ3v) is 3.28. The molecule has 1 atom stereocenters. The van der Waals surface area contributed by atoms with Crippen molar-refractivity contribution in [3.05, 3.63) is 47.9 Å². The van der Waals surface area contributed by atoms with Crippen LogP contribution < -0.4 is 14.8 Å². The Hall–Kier alpha value is -1.94. The fourth-order valence-corrected chi connectivity index (χ4v) is 2.39. The molecule has 4 heteroatoms. The minimum atomic E-state index is 0.115. The molecule has 108 valence electrons. The van der Waals surface area contributed by atoms with Crippen molar-refractivity contribution in [2.24, 2.45) is 0 Å². The molecule has 2 rings (SSSR count). The second-order valence-corrected chi connectivity index (χ2v) is 4.52. The van der Waals surface area contributed by atoms with Crippen LogP contribution in [0.5, 0.6) is 11.5 Å². The first-order valence-corrected chi connectivity index (χ1v) is 6.75. The van der Waals surface area contributed by atoms with Crippen LogP contribution in [0, 0.1) is 0 Å². The summed E-state index contributed by atoms with van der Waals surface area (Å²) in [5.41, 5.74) is 2.18. The maximum Gasteiger partial charge on any atom is 0.127 e. The molecule has 0 bridgehead atoms. The monoisotopic (exact) mass is 275 g/mol. The van der Waals surface area contributed by atoms with E-state index in [9.17, 15) is 0 Å². The molecule has 0 amide bonds. The molecular formula is C16H21NO3. The van der Waals surface area contributed by atoms with Gasteiger partial charge in [0.05, 0.1) is 32.3 Å². The van der Waals surface area contributed by atoms with Gasteiger partial charge in [0, 0.05) is 6.04 Å². The van der Waals surface area contributed by atoms with Crippen LogP contribution in [-0.4, -0.2) is 20.8 Å². The number of furan rings is 1. The van der Waals surface area contributed by atoms with Gasteiger partial charge in [0.1, 0.15) is 11.5 Å². The van der Waals surface area contributed by atoms with E-state index in [4.69, 9.17) is 13.9 Å². The smallest absolute Gasteiger partial charge is 0.127 e. The van der Waals surface area contributed by atoms with Gasteiger partial charge in [-0.25, -0.2) is 0 Å². The van der Waals surface area contributed by atoms with Gasteiger partial charge in [0.15, 0.2) is 0 Å². The summed E-state index contributed by atoms with van der Waals surface area (Å²) in [4.78, 5) is 0. The Morgan fingerprint density at radius 1 is 1.15 bits per heavy atom. The first kappa shape index (κ1) is 14.5. The molecule has 0 aliphatic rings. The van der Waals surface area contributed by atoms with Crippen molar-refractivity contribution in [3.8, 4) is 11.5 Å². The van der Waals surface area contributed by atoms with Crippen molar-refractivity contribution in [1.82, 2.24) is 5.32 Å². The van der Waals surface area contributed by atoms with Crippen LogP contribution in [0.1, 0.15) is 24.1 Å². The number of methoxy groups -OCH3 is 2. The predicted molar refractivity (Wildman–Crippen MR) is 78.4 cm³/mol. The molecule has 0 fully saturated rings. The highest BCUT2D eigenvalue weighted by Gasteiger charge is 2.20. The SMILES string of the molecule is CCNC(Cc1ccoc1)c1c(OC)cccc1OC. The van der Waals surface area contributed by atoms with Gasteiger partial charge in [-0.1, -0.05) is 13.0 Å². The molecule has 2 aromatic rings. The lowest BCUT2D eigenvalue weighted by atomic mass is 9.98. The van der Waals surface area contributed by atoms with Crippen LogP contribution in [0.4, 0.5) is 0 Å². The molecule has 0 aliphatic carbocycles. The van der Waals surface area contributed by atoms with Crippen molar-refractivity contribution >= 4 is 0 Å². The Bertz CT molecular complexity index is 500. The molecule has 1 aromatic carbocycles. The number of rotatable bonds is 7. The Balaban J connectivity index is 2.37. The van der Waals surface area contributed by atoms with E-state index in [0.717, 1.165) is 35.6 Å². The number of likely N-dealkylation sites (N-methyl/N-ethyl adjacent to an activating group) is 1. The molecule has 20 heavy (non-hydrogen) atoms. The molecular weight excluding hydrogens is 254 g/mol. The zero-order valence-corrected chi connectivity index (χ0v) is 12.2. The van der Waals surface area contributed by atoms with Crippen LogP contribution >= 0.6 is 0 Å². The fraction of sp³-hybridized carbons (Fsp3) is 0.375. The lowest BCUT2D eigenvalue weighted by Crippen LogP contribution is -2.24. The number of benzene rings is 1. The van der Waals surface area contributed by atoms with Gasteiger partial charge < -0.3 is 19.2 Å². The molecule has 0 spiro atoms. The van der Waals surface area contributed by atoms with E-state index in [1.807, 2.05) is 24.3 Å². The molecule has 0 aliphatic heterocycles. The fourth-order valence-electron chi connectivity index (χ4n) is 2.39. The third kappa shape index (κ3) is 3.14. The van der Waals surface area contributed by atoms with Crippen LogP contribution in [0.15, 0.2) is 41.2 Å². The van der Waals surface area contributed by atoms with E-state index in [2.05, 4.69) is 12.2 Å². The Labute approximate surface area is 119 Å². The molecule has 1 N–H and O–H groups in total. The van der Waals surface area contributed by atoms with Crippen LogP contribution in [0.3, 0.4) is 0 Å². The van der Waals surface area contributed by atoms with Gasteiger partial charge in [-0.2, -0.15) is 0 Å². The summed E-state index contributed by atoms with van der Waals surface area (Å²) in [6.07, 6.45) is 4.28. The van der Waals surface area contributed by atoms with E-state index in [-0.39, 0.29) is 6.04 Å². The molecule has 1 unspecified atom stereocenters. The summed E-state index contributed by atoms with van der Waals surface area (Å²) in [7, 11) is 3.36. The maximum atomic E-state index is 5.49. The van der Waals surface area contributed by atoms with E-state index in [0.29, 0.717) is 0 Å². The van der Waals surface area contributed by atoms with Gasteiger partial charge in [0.2, 0.25) is 0 Å². The lowest BCUT2D eigenvalue weighted by molar-refractivity contribution is 0.370. The van der Waals surface area contributed by atoms with E-state index in [1.165, 1.54) is 0 Å². The highest BCUT2D eigenvalue weighted by atomic mass is 16.5. The van der Waals surface area contributed by atoms with E-state index in [1.54, 1.807) is 26.7 Å². The average Bonchev–Trinajstić information content (AvgIpc) is 2.99. The number of hydrogen-bond acceptors (Lipinski definition) is 4. The zero-order chi connectivity index (χ0) is 14.4. The normalized spacial score (nSPS) is 12.2. The van der Waals surface area contributed by atoms with E-state index >= 15 is 0 Å². The minimum absolute atomic E-state index is 0.115. The Morgan fingerprint density at radius 2 is 1.85 bits per heavy atom. The molecule has 1 heterocycles. The van der Waals surface area contributed by atoms with Gasteiger partial charge in [-0.05, 0) is 36.7 Å². The minimum Gasteiger partial charge on any atom is -0.496 e. The maximum absolute atomic E-state index is 5.49. The largest absolute Gasteiger partial charge is 0.496 e. The van der Waals surface area contributed by atoms with Crippen LogP contribution in [-0.2, 0) is 6.42 Å². The van der Waals surface area contributed by atoms with Crippen LogP contribution in [0.2, 0.25) is 0 Å². The van der Waals surface area contributed by atoms with Crippen molar-refractivity contribution in [2.45, 2.75) is 19.4 Å². The molecule has 0 radical (unpaired) electrons. The summed E-state index contributed by atoms with van der Waals surface area (Å²) in [6.45, 7) is 2.95. The number of nitrogens with one attached hydrogen (secondary N) is 1. The van der Waals surface area contributed by atoms with Gasteiger partial charge in [-0.15, -0.1) is 0 Å². The zero-order valence-electron chi connectivity index (χ0n) is 12.2. The van der Waals surface area contributed by atoms with Gasteiger partial charge in [0.25, 0.3) is 0 Å². The van der Waals surface area contributed by atoms with Gasteiger partial charge in [-0.3, -0.25) is 0 Å². The molecule has 1 aromatic heterocycles. The third-order valence-electron chi connectivity index (χ3n) is 3.28. The topological polar surface area (TPSA) is 43.6 Å². The van der Waals surface area contributed by atoms with E-state index < -0.39 is 0 Å². The van der Waals surface area contributed by atoms with Crippen molar-refractivity contribution in [3.63, 3.8) is 0 Å². The summed E-state index contributed by atoms with van der Waals surface area (Å²) in [6, 6.07) is 7.94. The van der Waals surface area contributed by atoms with Crippen molar-refractivity contribution < 1.29 is 13.9 Å². The summed E-state index contributed by atoms with van der Waals surface area (Å²) in [5, 5.41) is 3.48. The summed E-state index contributed by atoms with van der Waals surface area (Å²) < 4.78 is 16.1. The second-order valence-electron chi connectivity index (χ2n) is 4.52.